The lowest BCUT2D eigenvalue weighted by molar-refractivity contribution is -0.131. The average Bonchev–Trinajstić information content (AvgIpc) is 2.66. The van der Waals surface area contributed by atoms with Gasteiger partial charge in [-0.15, -0.1) is 0 Å². The van der Waals surface area contributed by atoms with Crippen LogP contribution in [0.2, 0.25) is 0 Å². The maximum Gasteiger partial charge on any atom is 0.242 e. The minimum atomic E-state index is -0.433. The van der Waals surface area contributed by atoms with Gasteiger partial charge in [-0.25, -0.2) is 4.39 Å². The summed E-state index contributed by atoms with van der Waals surface area (Å²) in [6, 6.07) is 15.8. The lowest BCUT2D eigenvalue weighted by atomic mass is 10.2. The van der Waals surface area contributed by atoms with Gasteiger partial charge in [0.1, 0.15) is 12.4 Å². The Morgan fingerprint density at radius 1 is 1.00 bits per heavy atom. The van der Waals surface area contributed by atoms with E-state index in [-0.39, 0.29) is 18.4 Å². The topological polar surface area (TPSA) is 43.9 Å². The highest BCUT2D eigenvalue weighted by atomic mass is 19.1. The van der Waals surface area contributed by atoms with E-state index < -0.39 is 5.82 Å². The fraction of sp³-hybridized carbons (Fsp3) is 0.300. The SMILES string of the molecule is CC(=O)N(CC(=O)N1CCN(c2ccccc2)CC1)c1cccc(F)c1. The van der Waals surface area contributed by atoms with Crippen LogP contribution in [0.5, 0.6) is 0 Å². The molecule has 1 fully saturated rings. The van der Waals surface area contributed by atoms with Crippen LogP contribution in [0.25, 0.3) is 0 Å². The van der Waals surface area contributed by atoms with Gasteiger partial charge in [-0.05, 0) is 30.3 Å². The highest BCUT2D eigenvalue weighted by Gasteiger charge is 2.24. The van der Waals surface area contributed by atoms with Gasteiger partial charge in [0.05, 0.1) is 0 Å². The average molecular weight is 355 g/mol. The lowest BCUT2D eigenvalue weighted by Crippen LogP contribution is -2.51. The van der Waals surface area contributed by atoms with Crippen molar-refractivity contribution in [3.63, 3.8) is 0 Å². The van der Waals surface area contributed by atoms with Crippen molar-refractivity contribution in [1.29, 1.82) is 0 Å². The first-order valence-electron chi connectivity index (χ1n) is 8.66. The molecule has 0 N–H and O–H groups in total. The van der Waals surface area contributed by atoms with Crippen LogP contribution in [0.4, 0.5) is 15.8 Å². The number of para-hydroxylation sites is 1. The quantitative estimate of drug-likeness (QED) is 0.847. The Balaban J connectivity index is 1.61. The second-order valence-corrected chi connectivity index (χ2v) is 6.29. The molecule has 26 heavy (non-hydrogen) atoms. The lowest BCUT2D eigenvalue weighted by Gasteiger charge is -2.37. The number of rotatable bonds is 4. The Morgan fingerprint density at radius 3 is 2.31 bits per heavy atom. The molecule has 2 amide bonds. The standard InChI is InChI=1S/C20H22FN3O2/c1-16(25)24(19-9-5-6-17(21)14-19)15-20(26)23-12-10-22(11-13-23)18-7-3-2-4-8-18/h2-9,14H,10-13,15H2,1H3. The van der Waals surface area contributed by atoms with Crippen molar-refractivity contribution in [2.24, 2.45) is 0 Å². The normalized spacial score (nSPS) is 14.2. The molecule has 3 rings (SSSR count). The monoisotopic (exact) mass is 355 g/mol. The largest absolute Gasteiger partial charge is 0.368 e. The zero-order chi connectivity index (χ0) is 18.5. The van der Waals surface area contributed by atoms with E-state index in [0.717, 1.165) is 18.8 Å². The molecule has 0 saturated carbocycles. The van der Waals surface area contributed by atoms with Crippen LogP contribution in [-0.4, -0.2) is 49.4 Å². The number of hydrogen-bond acceptors (Lipinski definition) is 3. The van der Waals surface area contributed by atoms with Crippen LogP contribution in [0.3, 0.4) is 0 Å². The van der Waals surface area contributed by atoms with Gasteiger partial charge in [-0.1, -0.05) is 24.3 Å². The highest BCUT2D eigenvalue weighted by Crippen LogP contribution is 2.18. The Morgan fingerprint density at radius 2 is 1.69 bits per heavy atom. The zero-order valence-electron chi connectivity index (χ0n) is 14.8. The molecule has 0 spiro atoms. The number of carbonyl (C=O) groups is 2. The number of anilines is 2. The number of piperazine rings is 1. The Hall–Kier alpha value is -2.89. The van der Waals surface area contributed by atoms with Crippen molar-refractivity contribution in [2.75, 3.05) is 42.5 Å². The number of amides is 2. The molecule has 1 saturated heterocycles. The Kier molecular flexibility index (Phi) is 5.51. The molecule has 136 valence electrons. The predicted octanol–water partition coefficient (Wildman–Crippen LogP) is 2.53. The predicted molar refractivity (Wildman–Crippen MR) is 99.7 cm³/mol. The molecule has 1 aliphatic rings. The maximum absolute atomic E-state index is 13.4. The summed E-state index contributed by atoms with van der Waals surface area (Å²) < 4.78 is 13.4. The molecule has 0 atom stereocenters. The first-order valence-corrected chi connectivity index (χ1v) is 8.66. The maximum atomic E-state index is 13.4. The third-order valence-corrected chi connectivity index (χ3v) is 4.55. The molecule has 1 aliphatic heterocycles. The molecule has 0 aromatic heterocycles. The number of carbonyl (C=O) groups excluding carboxylic acids is 2. The van der Waals surface area contributed by atoms with E-state index in [4.69, 9.17) is 0 Å². The fourth-order valence-corrected chi connectivity index (χ4v) is 3.12. The summed E-state index contributed by atoms with van der Waals surface area (Å²) in [4.78, 5) is 29.9. The second kappa shape index (κ2) is 7.99. The molecule has 1 heterocycles. The van der Waals surface area contributed by atoms with E-state index in [1.165, 1.54) is 30.0 Å². The zero-order valence-corrected chi connectivity index (χ0v) is 14.8. The number of benzene rings is 2. The van der Waals surface area contributed by atoms with E-state index in [1.807, 2.05) is 18.2 Å². The summed E-state index contributed by atoms with van der Waals surface area (Å²) in [5, 5.41) is 0. The summed E-state index contributed by atoms with van der Waals surface area (Å²) in [5.41, 5.74) is 1.54. The van der Waals surface area contributed by atoms with Crippen LogP contribution in [0.15, 0.2) is 54.6 Å². The van der Waals surface area contributed by atoms with Gasteiger partial charge >= 0.3 is 0 Å². The fourth-order valence-electron chi connectivity index (χ4n) is 3.12. The molecule has 0 aliphatic carbocycles. The van der Waals surface area contributed by atoms with Crippen molar-refractivity contribution in [3.8, 4) is 0 Å². The van der Waals surface area contributed by atoms with E-state index >= 15 is 0 Å². The number of halogens is 1. The second-order valence-electron chi connectivity index (χ2n) is 6.29. The summed E-state index contributed by atoms with van der Waals surface area (Å²) >= 11 is 0. The molecule has 0 unspecified atom stereocenters. The minimum absolute atomic E-state index is 0.0792. The smallest absolute Gasteiger partial charge is 0.242 e. The van der Waals surface area contributed by atoms with Crippen LogP contribution < -0.4 is 9.80 Å². The summed E-state index contributed by atoms with van der Waals surface area (Å²) in [6.07, 6.45) is 0. The van der Waals surface area contributed by atoms with Gasteiger partial charge in [0.25, 0.3) is 0 Å². The van der Waals surface area contributed by atoms with Crippen molar-refractivity contribution in [1.82, 2.24) is 4.90 Å². The van der Waals surface area contributed by atoms with E-state index in [0.29, 0.717) is 18.8 Å². The van der Waals surface area contributed by atoms with Crippen LogP contribution >= 0.6 is 0 Å². The molecular formula is C20H22FN3O2. The van der Waals surface area contributed by atoms with E-state index in [2.05, 4.69) is 17.0 Å². The third kappa shape index (κ3) is 4.20. The molecule has 2 aromatic carbocycles. The van der Waals surface area contributed by atoms with Crippen molar-refractivity contribution < 1.29 is 14.0 Å². The molecule has 6 heteroatoms. The van der Waals surface area contributed by atoms with E-state index in [9.17, 15) is 14.0 Å². The molecule has 2 aromatic rings. The van der Waals surface area contributed by atoms with Crippen molar-refractivity contribution >= 4 is 23.2 Å². The Bertz CT molecular complexity index is 774. The first-order chi connectivity index (χ1) is 12.5. The number of nitrogens with zero attached hydrogens (tertiary/aromatic N) is 3. The summed E-state index contributed by atoms with van der Waals surface area (Å²) in [5.74, 6) is -0.846. The van der Waals surface area contributed by atoms with Gasteiger partial charge < -0.3 is 14.7 Å². The van der Waals surface area contributed by atoms with Crippen LogP contribution in [-0.2, 0) is 9.59 Å². The van der Waals surface area contributed by atoms with E-state index in [1.54, 1.807) is 11.0 Å². The molecular weight excluding hydrogens is 333 g/mol. The van der Waals surface area contributed by atoms with Gasteiger partial charge in [-0.2, -0.15) is 0 Å². The van der Waals surface area contributed by atoms with Crippen molar-refractivity contribution in [2.45, 2.75) is 6.92 Å². The summed E-state index contributed by atoms with van der Waals surface area (Å²) in [6.45, 7) is 3.99. The van der Waals surface area contributed by atoms with Gasteiger partial charge in [0.2, 0.25) is 11.8 Å². The van der Waals surface area contributed by atoms with Crippen molar-refractivity contribution in [3.05, 3.63) is 60.4 Å². The third-order valence-electron chi connectivity index (χ3n) is 4.55. The van der Waals surface area contributed by atoms with Crippen LogP contribution in [0.1, 0.15) is 6.92 Å². The van der Waals surface area contributed by atoms with Gasteiger partial charge in [0, 0.05) is 44.5 Å². The molecule has 0 bridgehead atoms. The summed E-state index contributed by atoms with van der Waals surface area (Å²) in [7, 11) is 0. The Labute approximate surface area is 152 Å². The van der Waals surface area contributed by atoms with Gasteiger partial charge in [-0.3, -0.25) is 9.59 Å². The highest BCUT2D eigenvalue weighted by molar-refractivity contribution is 5.97. The number of hydrogen-bond donors (Lipinski definition) is 0. The first kappa shape index (κ1) is 17.9. The molecule has 0 radical (unpaired) electrons. The minimum Gasteiger partial charge on any atom is -0.368 e. The van der Waals surface area contributed by atoms with Crippen LogP contribution in [0, 0.1) is 5.82 Å². The van der Waals surface area contributed by atoms with Gasteiger partial charge in [0.15, 0.2) is 0 Å². The molecule has 5 nitrogen and oxygen atoms in total.